The predicted molar refractivity (Wildman–Crippen MR) is 341 cm³/mol. The molecule has 0 aromatic heterocycles. The summed E-state index contributed by atoms with van der Waals surface area (Å²) in [6, 6.07) is 25.9. The zero-order valence-electron chi connectivity index (χ0n) is 52.8. The van der Waals surface area contributed by atoms with Gasteiger partial charge in [0.25, 0.3) is 0 Å². The van der Waals surface area contributed by atoms with Gasteiger partial charge in [-0.3, -0.25) is 4.57 Å². The van der Waals surface area contributed by atoms with Crippen molar-refractivity contribution in [3.05, 3.63) is 193 Å². The lowest BCUT2D eigenvalue weighted by atomic mass is 9.95. The molecule has 3 aliphatic rings. The van der Waals surface area contributed by atoms with Crippen molar-refractivity contribution in [2.45, 2.75) is 80.6 Å². The number of allylic oxidation sites excluding steroid dienone is 3. The molecule has 24 nitrogen and oxygen atoms in total. The number of methoxy groups -OCH3 is 3. The highest BCUT2D eigenvalue weighted by Gasteiger charge is 2.35. The quantitative estimate of drug-likeness (QED) is 0.0121. The molecule has 6 aromatic carbocycles. The lowest BCUT2D eigenvalue weighted by molar-refractivity contribution is 0.0523. The fourth-order valence-electron chi connectivity index (χ4n) is 10.1. The number of benzene rings is 6. The molecule has 1 atom stereocenters. The second-order valence-corrected chi connectivity index (χ2v) is 26.7. The molecule has 0 saturated carbocycles. The molecule has 0 spiro atoms. The summed E-state index contributed by atoms with van der Waals surface area (Å²) in [6.07, 6.45) is 4.83. The summed E-state index contributed by atoms with van der Waals surface area (Å²) in [5.74, 6) is 0.473. The predicted octanol–water partition coefficient (Wildman–Crippen LogP) is 12.3. The Morgan fingerprint density at radius 3 is 1.04 bits per heavy atom. The average Bonchev–Trinajstić information content (AvgIpc) is 1.81. The maximum atomic E-state index is 13.5. The molecule has 1 unspecified atom stereocenters. The first-order valence-electron chi connectivity index (χ1n) is 28.8. The Hall–Kier alpha value is -8.40. The van der Waals surface area contributed by atoms with Crippen LogP contribution in [0.25, 0.3) is 0 Å². The molecule has 27 heteroatoms. The molecule has 6 N–H and O–H groups in total. The van der Waals surface area contributed by atoms with Gasteiger partial charge in [0.1, 0.15) is 94.6 Å². The van der Waals surface area contributed by atoms with Gasteiger partial charge in [-0.25, -0.2) is 23.5 Å². The number of hydrogen-bond donors (Lipinski definition) is 6. The van der Waals surface area contributed by atoms with Gasteiger partial charge in [0.05, 0.1) is 41.2 Å². The summed E-state index contributed by atoms with van der Waals surface area (Å²) < 4.78 is 101. The summed E-state index contributed by atoms with van der Waals surface area (Å²) in [4.78, 5) is 63.4. The SMILES string of the molecule is COc1c(C)c2c(c(O)c1C/C=C(\C)COCP(=O)(O)O)C(=O)OC2.COc1c(C)c2c(c(O)c1C/C=C(\C)COCP(=O)(O)Oc1ccccc1)C(=O)OC2.COc1c(C)c2c(c(O)c1C/C=C(\C)COCP(=O)(Oc1ccccc1)Oc1ccccc1)C(=O)OC2. The fraction of sp³-hybridized carbons (Fsp3) is 0.318. The summed E-state index contributed by atoms with van der Waals surface area (Å²) >= 11 is 0. The van der Waals surface area contributed by atoms with Gasteiger partial charge in [-0.2, -0.15) is 0 Å². The van der Waals surface area contributed by atoms with E-state index >= 15 is 0 Å². The van der Waals surface area contributed by atoms with Gasteiger partial charge >= 0.3 is 40.7 Å². The number of carbonyl (C=O) groups excluding carboxylic acids is 3. The highest BCUT2D eigenvalue weighted by Crippen LogP contribution is 2.50. The van der Waals surface area contributed by atoms with Crippen molar-refractivity contribution < 1.29 is 114 Å². The number of phenolic OH excluding ortho intramolecular Hbond substituents is 3. The molecule has 0 fully saturated rings. The zero-order valence-corrected chi connectivity index (χ0v) is 55.4. The van der Waals surface area contributed by atoms with Crippen molar-refractivity contribution in [3.8, 4) is 51.7 Å². The third-order valence-corrected chi connectivity index (χ3v) is 17.6. The lowest BCUT2D eigenvalue weighted by Gasteiger charge is -2.20. The number of fused-ring (bicyclic) bond motifs is 3. The van der Waals surface area contributed by atoms with Crippen molar-refractivity contribution >= 4 is 40.7 Å². The molecule has 498 valence electrons. The van der Waals surface area contributed by atoms with Crippen LogP contribution in [-0.4, -0.2) is 108 Å². The second-order valence-electron chi connectivity index (χ2n) is 21.6. The Kier molecular flexibility index (Phi) is 25.1. The highest BCUT2D eigenvalue weighted by atomic mass is 31.2. The van der Waals surface area contributed by atoms with E-state index in [2.05, 4.69) is 0 Å². The second kappa shape index (κ2) is 32.4. The smallest absolute Gasteiger partial charge is 0.456 e. The number of esters is 3. The van der Waals surface area contributed by atoms with E-state index in [9.17, 15) is 48.3 Å². The number of ether oxygens (including phenoxy) is 9. The molecule has 0 radical (unpaired) electrons. The van der Waals surface area contributed by atoms with Crippen molar-refractivity contribution in [3.63, 3.8) is 0 Å². The molecule has 0 saturated heterocycles. The van der Waals surface area contributed by atoms with E-state index in [0.717, 1.165) is 33.4 Å². The van der Waals surface area contributed by atoms with Gasteiger partial charge in [0.2, 0.25) is 0 Å². The molecule has 0 amide bonds. The fourth-order valence-corrected chi connectivity index (χ4v) is 12.6. The molecule has 6 aromatic rings. The minimum absolute atomic E-state index is 0.0418. The third-order valence-electron chi connectivity index (χ3n) is 14.6. The molecule has 0 aliphatic carbocycles. The molecular formula is C66H75O24P3. The van der Waals surface area contributed by atoms with Gasteiger partial charge in [0, 0.05) is 33.4 Å². The maximum Gasteiger partial charge on any atom is 0.456 e. The van der Waals surface area contributed by atoms with Gasteiger partial charge < -0.3 is 86.2 Å². The van der Waals surface area contributed by atoms with Gasteiger partial charge in [-0.1, -0.05) is 89.5 Å². The van der Waals surface area contributed by atoms with E-state index in [0.29, 0.717) is 68.5 Å². The molecule has 0 bridgehead atoms. The van der Waals surface area contributed by atoms with E-state index in [1.54, 1.807) is 112 Å². The molecule has 93 heavy (non-hydrogen) atoms. The number of carbonyl (C=O) groups is 3. The first kappa shape index (κ1) is 72.0. The normalized spacial score (nSPS) is 14.2. The Labute approximate surface area is 538 Å². The third kappa shape index (κ3) is 18.9. The number of cyclic esters (lactones) is 3. The Bertz CT molecular complexity index is 3890. The Balaban J connectivity index is 0.000000202. The van der Waals surface area contributed by atoms with Crippen LogP contribution in [0.4, 0.5) is 0 Å². The van der Waals surface area contributed by atoms with Crippen molar-refractivity contribution in [2.24, 2.45) is 0 Å². The number of aromatic hydroxyl groups is 3. The van der Waals surface area contributed by atoms with E-state index in [1.165, 1.54) is 21.3 Å². The first-order chi connectivity index (χ1) is 44.2. The van der Waals surface area contributed by atoms with Gasteiger partial charge in [0.15, 0.2) is 12.7 Å². The first-order valence-corrected chi connectivity index (χ1v) is 34.1. The topological polar surface area (TPSA) is 335 Å². The summed E-state index contributed by atoms with van der Waals surface area (Å²) in [7, 11) is -7.35. The zero-order chi connectivity index (χ0) is 67.8. The molecule has 3 aliphatic heterocycles. The van der Waals surface area contributed by atoms with Crippen LogP contribution in [-0.2, 0) is 81.2 Å². The minimum Gasteiger partial charge on any atom is -0.507 e. The lowest BCUT2D eigenvalue weighted by Crippen LogP contribution is -2.09. The monoisotopic (exact) mass is 1340 g/mol. The number of hydrogen-bond acceptors (Lipinski definition) is 21. The van der Waals surface area contributed by atoms with Crippen LogP contribution in [0, 0.1) is 20.8 Å². The van der Waals surface area contributed by atoms with Crippen LogP contribution < -0.4 is 27.8 Å². The standard InChI is InChI=1S/C28H29O8P.C22H25O8P.C16H21O8P/c1-19(14-15-23-26(29)25-24(17-34-28(25)30)20(2)27(23)32-3)16-33-18-37(31,35-21-10-6-4-7-11-21)36-22-12-8-5-9-13-22;1-14(11-28-13-31(25,26)30-16-7-5-4-6-8-16)9-10-17-20(23)19-18(12-29-22(19)24)15(2)21(17)27-3;1-9(6-23-8-25(19,20)21)4-5-11-14(17)13-12(7-24-16(13)18)10(2)15(11)22-3/h4-14,29H,15-18H2,1-3H3;4-9,23H,10-13H2,1-3H3,(H,25,26);4,17H,5-8H2,1-3H3,(H2,19,20,21)/b19-14+;14-9+;9-4+. The Morgan fingerprint density at radius 1 is 0.452 bits per heavy atom. The molecular weight excluding hydrogens is 1270 g/mol. The number of rotatable bonds is 27. The van der Waals surface area contributed by atoms with E-state index in [4.69, 9.17) is 66.0 Å². The van der Waals surface area contributed by atoms with Crippen LogP contribution in [0.1, 0.15) is 102 Å². The van der Waals surface area contributed by atoms with E-state index < -0.39 is 53.4 Å². The van der Waals surface area contributed by atoms with Crippen LogP contribution >= 0.6 is 22.8 Å². The van der Waals surface area contributed by atoms with Gasteiger partial charge in [-0.15, -0.1) is 0 Å². The average molecular weight is 1350 g/mol. The molecule has 3 heterocycles. The summed E-state index contributed by atoms with van der Waals surface area (Å²) in [5.41, 5.74) is 8.36. The van der Waals surface area contributed by atoms with Crippen molar-refractivity contribution in [1.82, 2.24) is 0 Å². The van der Waals surface area contributed by atoms with Crippen LogP contribution in [0.15, 0.2) is 126 Å². The van der Waals surface area contributed by atoms with Crippen LogP contribution in [0.3, 0.4) is 0 Å². The maximum absolute atomic E-state index is 13.5. The minimum atomic E-state index is -4.20. The Morgan fingerprint density at radius 2 is 0.742 bits per heavy atom. The van der Waals surface area contributed by atoms with Crippen LogP contribution in [0.2, 0.25) is 0 Å². The van der Waals surface area contributed by atoms with Crippen LogP contribution in [0.5, 0.6) is 51.7 Å². The number of phenols is 3. The summed E-state index contributed by atoms with van der Waals surface area (Å²) in [5, 5.41) is 31.9. The summed E-state index contributed by atoms with van der Waals surface area (Å²) in [6.45, 7) is 11.4. The molecule has 9 rings (SSSR count). The van der Waals surface area contributed by atoms with Crippen molar-refractivity contribution in [2.75, 3.05) is 60.2 Å². The van der Waals surface area contributed by atoms with E-state index in [1.807, 2.05) is 39.0 Å². The van der Waals surface area contributed by atoms with Gasteiger partial charge in [-0.05, 0) is 114 Å². The van der Waals surface area contributed by atoms with E-state index in [-0.39, 0.29) is 98.5 Å². The highest BCUT2D eigenvalue weighted by molar-refractivity contribution is 7.54. The largest absolute Gasteiger partial charge is 0.507 e. The van der Waals surface area contributed by atoms with Crippen molar-refractivity contribution in [1.29, 1.82) is 0 Å². The number of para-hydroxylation sites is 3.